The number of allylic oxidation sites excluding steroid dienone is 6. The average Bonchev–Trinajstić information content (AvgIpc) is 3.32. The van der Waals surface area contributed by atoms with E-state index < -0.39 is 5.63 Å². The Morgan fingerprint density at radius 3 is 2.59 bits per heavy atom. The van der Waals surface area contributed by atoms with Crippen LogP contribution in [0.3, 0.4) is 0 Å². The van der Waals surface area contributed by atoms with Crippen LogP contribution in [0.15, 0.2) is 97.5 Å². The van der Waals surface area contributed by atoms with E-state index in [0.29, 0.717) is 44.9 Å². The van der Waals surface area contributed by atoms with Crippen molar-refractivity contribution in [3.05, 3.63) is 106 Å². The fourth-order valence-corrected chi connectivity index (χ4v) is 4.29. The molecule has 0 saturated heterocycles. The molecule has 2 aromatic heterocycles. The lowest BCUT2D eigenvalue weighted by molar-refractivity contribution is 0.318. The Hall–Kier alpha value is -4.83. The maximum atomic E-state index is 12.7. The minimum atomic E-state index is -0.441. The summed E-state index contributed by atoms with van der Waals surface area (Å²) in [4.78, 5) is 19.3. The molecule has 0 aliphatic carbocycles. The van der Waals surface area contributed by atoms with Crippen molar-refractivity contribution >= 4 is 39.4 Å². The summed E-state index contributed by atoms with van der Waals surface area (Å²) in [5.41, 5.74) is 3.68. The standard InChI is InChI=1S/C30H25N3O4/c1-4-33(5-2)23-12-10-20-15-21(30(34)37-28(20)17-23)11-13-24-16-22(14-19(3)35-24)25(18-31)29-32-26-8-6-7-9-27(26)36-29/h6-17H,4-5H2,1-3H3/b13-11+,25-22-. The van der Waals surface area contributed by atoms with Crippen LogP contribution >= 0.6 is 0 Å². The second-order valence-corrected chi connectivity index (χ2v) is 8.55. The number of hydrogen-bond acceptors (Lipinski definition) is 7. The van der Waals surface area contributed by atoms with E-state index in [-0.39, 0.29) is 5.89 Å². The Kier molecular flexibility index (Phi) is 6.48. The number of anilines is 1. The van der Waals surface area contributed by atoms with Crippen LogP contribution in [0.2, 0.25) is 0 Å². The van der Waals surface area contributed by atoms with Crippen LogP contribution in [0, 0.1) is 11.3 Å². The normalized spacial score (nSPS) is 14.9. The molecule has 2 aromatic carbocycles. The molecule has 7 nitrogen and oxygen atoms in total. The molecule has 0 amide bonds. The van der Waals surface area contributed by atoms with Gasteiger partial charge in [-0.05, 0) is 75.4 Å². The van der Waals surface area contributed by atoms with Crippen LogP contribution in [0.1, 0.15) is 32.2 Å². The monoisotopic (exact) mass is 491 g/mol. The molecule has 0 bridgehead atoms. The first kappa shape index (κ1) is 23.9. The minimum Gasteiger partial charge on any atom is -0.462 e. The molecule has 3 heterocycles. The topological polar surface area (TPSA) is 92.5 Å². The third-order valence-electron chi connectivity index (χ3n) is 6.15. The van der Waals surface area contributed by atoms with Crippen molar-refractivity contribution in [2.75, 3.05) is 18.0 Å². The number of nitrogens with zero attached hydrogens (tertiary/aromatic N) is 3. The van der Waals surface area contributed by atoms with Crippen molar-refractivity contribution in [3.63, 3.8) is 0 Å². The van der Waals surface area contributed by atoms with Gasteiger partial charge in [0, 0.05) is 35.8 Å². The number of para-hydroxylation sites is 2. The summed E-state index contributed by atoms with van der Waals surface area (Å²) >= 11 is 0. The average molecular weight is 492 g/mol. The van der Waals surface area contributed by atoms with Crippen LogP contribution in [0.25, 0.3) is 33.7 Å². The molecule has 0 radical (unpaired) electrons. The number of rotatable bonds is 6. The van der Waals surface area contributed by atoms with Gasteiger partial charge in [-0.15, -0.1) is 0 Å². The first-order chi connectivity index (χ1) is 18.0. The first-order valence-electron chi connectivity index (χ1n) is 12.1. The SMILES string of the molecule is CCN(CC)c1ccc2cc(/C=C/C3=CC(=C(/C#N)c4nc5ccccc5o4)/C=C(C)O3)c(=O)oc2c1. The van der Waals surface area contributed by atoms with Gasteiger partial charge in [-0.3, -0.25) is 0 Å². The predicted octanol–water partition coefficient (Wildman–Crippen LogP) is 6.59. The third kappa shape index (κ3) is 4.82. The molecular weight excluding hydrogens is 466 g/mol. The predicted molar refractivity (Wildman–Crippen MR) is 145 cm³/mol. The quantitative estimate of drug-likeness (QED) is 0.222. The van der Waals surface area contributed by atoms with Crippen LogP contribution < -0.4 is 10.5 Å². The van der Waals surface area contributed by atoms with Crippen LogP contribution in [-0.2, 0) is 4.74 Å². The Balaban J connectivity index is 1.48. The molecule has 5 rings (SSSR count). The van der Waals surface area contributed by atoms with E-state index in [0.717, 1.165) is 24.2 Å². The molecule has 0 N–H and O–H groups in total. The molecular formula is C30H25N3O4. The maximum absolute atomic E-state index is 12.7. The highest BCUT2D eigenvalue weighted by Gasteiger charge is 2.17. The molecule has 0 atom stereocenters. The van der Waals surface area contributed by atoms with E-state index in [1.54, 1.807) is 43.4 Å². The van der Waals surface area contributed by atoms with Crippen molar-refractivity contribution in [3.8, 4) is 6.07 Å². The molecule has 1 aliphatic rings. The van der Waals surface area contributed by atoms with E-state index in [9.17, 15) is 10.1 Å². The molecule has 0 fully saturated rings. The van der Waals surface area contributed by atoms with Gasteiger partial charge in [0.2, 0.25) is 5.89 Å². The lowest BCUT2D eigenvalue weighted by Crippen LogP contribution is -2.21. The zero-order chi connectivity index (χ0) is 25.9. The Bertz CT molecular complexity index is 1690. The lowest BCUT2D eigenvalue weighted by atomic mass is 10.0. The fraction of sp³-hybridized carbons (Fsp3) is 0.167. The van der Waals surface area contributed by atoms with Crippen molar-refractivity contribution in [1.82, 2.24) is 4.98 Å². The van der Waals surface area contributed by atoms with Crippen molar-refractivity contribution in [1.29, 1.82) is 5.26 Å². The number of oxazole rings is 1. The van der Waals surface area contributed by atoms with Gasteiger partial charge >= 0.3 is 5.63 Å². The maximum Gasteiger partial charge on any atom is 0.343 e. The van der Waals surface area contributed by atoms with Gasteiger partial charge in [-0.1, -0.05) is 12.1 Å². The molecule has 1 aliphatic heterocycles. The van der Waals surface area contributed by atoms with Gasteiger partial charge in [-0.25, -0.2) is 9.78 Å². The van der Waals surface area contributed by atoms with E-state index in [1.165, 1.54) is 0 Å². The second kappa shape index (κ2) is 10.0. The molecule has 4 aromatic rings. The zero-order valence-corrected chi connectivity index (χ0v) is 20.8. The first-order valence-corrected chi connectivity index (χ1v) is 12.1. The van der Waals surface area contributed by atoms with E-state index in [2.05, 4.69) is 29.8 Å². The summed E-state index contributed by atoms with van der Waals surface area (Å²) in [6.07, 6.45) is 6.80. The van der Waals surface area contributed by atoms with Crippen molar-refractivity contribution < 1.29 is 13.6 Å². The van der Waals surface area contributed by atoms with Crippen molar-refractivity contribution in [2.24, 2.45) is 0 Å². The van der Waals surface area contributed by atoms with Crippen molar-refractivity contribution in [2.45, 2.75) is 20.8 Å². The van der Waals surface area contributed by atoms with Crippen LogP contribution in [-0.4, -0.2) is 18.1 Å². The highest BCUT2D eigenvalue weighted by atomic mass is 16.5. The van der Waals surface area contributed by atoms with Gasteiger partial charge in [0.15, 0.2) is 5.58 Å². The van der Waals surface area contributed by atoms with E-state index >= 15 is 0 Å². The number of hydrogen-bond donors (Lipinski definition) is 0. The third-order valence-corrected chi connectivity index (χ3v) is 6.15. The summed E-state index contributed by atoms with van der Waals surface area (Å²) < 4.78 is 17.2. The van der Waals surface area contributed by atoms with Crippen LogP contribution in [0.4, 0.5) is 5.69 Å². The number of benzene rings is 2. The molecule has 0 saturated carbocycles. The molecule has 0 spiro atoms. The molecule has 7 heteroatoms. The highest BCUT2D eigenvalue weighted by Crippen LogP contribution is 2.29. The summed E-state index contributed by atoms with van der Waals surface area (Å²) in [5.74, 6) is 1.30. The Morgan fingerprint density at radius 2 is 1.84 bits per heavy atom. The summed E-state index contributed by atoms with van der Waals surface area (Å²) in [7, 11) is 0. The number of aromatic nitrogens is 1. The lowest BCUT2D eigenvalue weighted by Gasteiger charge is -2.20. The summed E-state index contributed by atoms with van der Waals surface area (Å²) in [6, 6.07) is 17.2. The minimum absolute atomic E-state index is 0.239. The smallest absolute Gasteiger partial charge is 0.343 e. The Labute approximate surface area is 213 Å². The second-order valence-electron chi connectivity index (χ2n) is 8.55. The van der Waals surface area contributed by atoms with Gasteiger partial charge in [0.25, 0.3) is 0 Å². The zero-order valence-electron chi connectivity index (χ0n) is 20.8. The number of ether oxygens (including phenoxy) is 1. The molecule has 0 unspecified atom stereocenters. The molecule has 184 valence electrons. The number of nitriles is 1. The summed E-state index contributed by atoms with van der Waals surface area (Å²) in [5, 5.41) is 10.7. The molecule has 37 heavy (non-hydrogen) atoms. The fourth-order valence-electron chi connectivity index (χ4n) is 4.29. The van der Waals surface area contributed by atoms with Gasteiger partial charge in [0.05, 0.1) is 5.56 Å². The number of fused-ring (bicyclic) bond motifs is 2. The van der Waals surface area contributed by atoms with Crippen LogP contribution in [0.5, 0.6) is 0 Å². The van der Waals surface area contributed by atoms with Gasteiger partial charge < -0.3 is 18.5 Å². The Morgan fingerprint density at radius 1 is 1.03 bits per heavy atom. The van der Waals surface area contributed by atoms with Gasteiger partial charge in [-0.2, -0.15) is 5.26 Å². The largest absolute Gasteiger partial charge is 0.462 e. The van der Waals surface area contributed by atoms with E-state index in [1.807, 2.05) is 36.4 Å². The highest BCUT2D eigenvalue weighted by molar-refractivity contribution is 5.84. The summed E-state index contributed by atoms with van der Waals surface area (Å²) in [6.45, 7) is 7.70. The van der Waals surface area contributed by atoms with E-state index in [4.69, 9.17) is 13.6 Å². The van der Waals surface area contributed by atoms with Gasteiger partial charge in [0.1, 0.15) is 34.3 Å².